The molecule has 6 amide bonds. The number of ketones is 2. The lowest BCUT2D eigenvalue weighted by Crippen LogP contribution is -2.44. The zero-order valence-corrected chi connectivity index (χ0v) is 30.6. The molecule has 272 valence electrons. The molecular formula is C44H40N4O6. The lowest BCUT2D eigenvalue weighted by atomic mass is 9.86. The first-order valence-electron chi connectivity index (χ1n) is 18.0. The van der Waals surface area contributed by atoms with Crippen LogP contribution in [0.25, 0.3) is 11.4 Å². The summed E-state index contributed by atoms with van der Waals surface area (Å²) >= 11 is 0. The largest absolute Gasteiger partial charge is 0.331 e. The minimum Gasteiger partial charge on any atom is -0.325 e. The van der Waals surface area contributed by atoms with Crippen molar-refractivity contribution in [3.8, 4) is 0 Å². The quantitative estimate of drug-likeness (QED) is 0.124. The van der Waals surface area contributed by atoms with Crippen LogP contribution in [0.5, 0.6) is 0 Å². The molecule has 0 radical (unpaired) electrons. The number of benzene rings is 4. The first-order chi connectivity index (χ1) is 26.2. The predicted molar refractivity (Wildman–Crippen MR) is 206 cm³/mol. The highest BCUT2D eigenvalue weighted by atomic mass is 16.2. The number of hydrogen-bond acceptors (Lipinski definition) is 6. The lowest BCUT2D eigenvalue weighted by molar-refractivity contribution is -0.124. The predicted octanol–water partition coefficient (Wildman–Crippen LogP) is 7.48. The Balaban J connectivity index is 1.81. The van der Waals surface area contributed by atoms with Gasteiger partial charge < -0.3 is 9.80 Å². The number of rotatable bonds is 10. The second-order valence-corrected chi connectivity index (χ2v) is 12.5. The van der Waals surface area contributed by atoms with Gasteiger partial charge in [-0.25, -0.2) is 19.4 Å². The van der Waals surface area contributed by atoms with Gasteiger partial charge in [0.15, 0.2) is 11.6 Å². The second kappa shape index (κ2) is 15.9. The van der Waals surface area contributed by atoms with E-state index in [0.29, 0.717) is 11.1 Å². The zero-order chi connectivity index (χ0) is 38.5. The van der Waals surface area contributed by atoms with E-state index in [1.54, 1.807) is 149 Å². The summed E-state index contributed by atoms with van der Waals surface area (Å²) in [6.45, 7) is 8.06. The van der Waals surface area contributed by atoms with Crippen LogP contribution in [0.2, 0.25) is 0 Å². The third kappa shape index (κ3) is 6.47. The maximum absolute atomic E-state index is 15.2. The molecule has 54 heavy (non-hydrogen) atoms. The Bertz CT molecular complexity index is 2060. The third-order valence-corrected chi connectivity index (χ3v) is 9.58. The van der Waals surface area contributed by atoms with E-state index >= 15 is 9.59 Å². The molecule has 0 aromatic heterocycles. The van der Waals surface area contributed by atoms with Crippen LogP contribution in [-0.4, -0.2) is 81.2 Å². The van der Waals surface area contributed by atoms with Crippen molar-refractivity contribution < 1.29 is 28.8 Å². The molecule has 2 heterocycles. The fourth-order valence-corrected chi connectivity index (χ4v) is 6.85. The Morgan fingerprint density at radius 2 is 0.722 bits per heavy atom. The van der Waals surface area contributed by atoms with Crippen LogP contribution in [0.15, 0.2) is 144 Å². The standard InChI is InChI=1S/C44H40N4O6/c1-5-45(6-2)43(53)47-37(29-21-13-9-14-22-29)35(39(49)31-25-17-11-18-26-31)33(41(47)51)34-36(40(50)32-27-19-12-20-28-32)38(30-23-15-10-16-24-30)48(42(34)52)44(54)46(7-3)8-4/h9-28H,5-8H2,1-4H3/b34-33+. The highest BCUT2D eigenvalue weighted by Gasteiger charge is 2.52. The van der Waals surface area contributed by atoms with Gasteiger partial charge in [0.05, 0.1) is 33.7 Å². The van der Waals surface area contributed by atoms with E-state index in [0.717, 1.165) is 9.80 Å². The SMILES string of the molecule is CCN(CC)C(=O)N1C(=O)/C(=C2/C(=O)N(C(=O)N(CC)CC)C(c3ccccc3)=C2C(=O)c2ccccc2)C(C(=O)c2ccccc2)=C1c1ccccc1. The summed E-state index contributed by atoms with van der Waals surface area (Å²) in [6, 6.07) is 32.1. The molecule has 0 aliphatic carbocycles. The summed E-state index contributed by atoms with van der Waals surface area (Å²) in [7, 11) is 0. The van der Waals surface area contributed by atoms with E-state index in [2.05, 4.69) is 0 Å². The van der Waals surface area contributed by atoms with Crippen LogP contribution in [0, 0.1) is 0 Å². The maximum Gasteiger partial charge on any atom is 0.331 e. The average Bonchev–Trinajstić information content (AvgIpc) is 3.69. The number of amides is 6. The minimum absolute atomic E-state index is 0.0251. The molecule has 4 aromatic rings. The molecule has 0 saturated heterocycles. The van der Waals surface area contributed by atoms with Gasteiger partial charge in [-0.05, 0) is 38.8 Å². The molecule has 0 fully saturated rings. The van der Waals surface area contributed by atoms with Crippen molar-refractivity contribution >= 4 is 46.8 Å². The van der Waals surface area contributed by atoms with Crippen molar-refractivity contribution in [1.82, 2.24) is 19.6 Å². The van der Waals surface area contributed by atoms with Gasteiger partial charge in [0.1, 0.15) is 0 Å². The van der Waals surface area contributed by atoms with Crippen molar-refractivity contribution in [2.24, 2.45) is 0 Å². The van der Waals surface area contributed by atoms with E-state index in [9.17, 15) is 19.2 Å². The van der Waals surface area contributed by atoms with E-state index in [1.165, 1.54) is 9.80 Å². The van der Waals surface area contributed by atoms with Crippen molar-refractivity contribution in [3.63, 3.8) is 0 Å². The third-order valence-electron chi connectivity index (χ3n) is 9.58. The van der Waals surface area contributed by atoms with Crippen LogP contribution in [0.1, 0.15) is 59.5 Å². The van der Waals surface area contributed by atoms with E-state index in [4.69, 9.17) is 0 Å². The first kappa shape index (κ1) is 37.1. The van der Waals surface area contributed by atoms with Gasteiger partial charge in [-0.15, -0.1) is 0 Å². The Labute approximate surface area is 314 Å². The Morgan fingerprint density at radius 3 is 1.00 bits per heavy atom. The van der Waals surface area contributed by atoms with Crippen LogP contribution in [-0.2, 0) is 9.59 Å². The van der Waals surface area contributed by atoms with E-state index in [1.807, 2.05) is 0 Å². The molecule has 2 aliphatic rings. The molecule has 0 N–H and O–H groups in total. The highest BCUT2D eigenvalue weighted by Crippen LogP contribution is 2.47. The van der Waals surface area contributed by atoms with Gasteiger partial charge in [-0.2, -0.15) is 0 Å². The van der Waals surface area contributed by atoms with Gasteiger partial charge in [0.2, 0.25) is 0 Å². The maximum atomic E-state index is 15.2. The number of nitrogens with zero attached hydrogens (tertiary/aromatic N) is 4. The number of carbonyl (C=O) groups is 6. The number of Topliss-reactive ketones (excluding diaryl/α,β-unsaturated/α-hetero) is 2. The summed E-state index contributed by atoms with van der Waals surface area (Å²) in [6.07, 6.45) is 0. The van der Waals surface area contributed by atoms with Gasteiger partial charge in [-0.3, -0.25) is 19.2 Å². The minimum atomic E-state index is -0.962. The molecule has 0 saturated carbocycles. The number of hydrogen-bond donors (Lipinski definition) is 0. The summed E-state index contributed by atoms with van der Waals surface area (Å²) in [4.78, 5) is 94.0. The zero-order valence-electron chi connectivity index (χ0n) is 30.6. The van der Waals surface area contributed by atoms with Crippen LogP contribution >= 0.6 is 0 Å². The monoisotopic (exact) mass is 720 g/mol. The van der Waals surface area contributed by atoms with Gasteiger partial charge >= 0.3 is 12.1 Å². The van der Waals surface area contributed by atoms with Crippen molar-refractivity contribution in [2.75, 3.05) is 26.2 Å². The average molecular weight is 721 g/mol. The van der Waals surface area contributed by atoms with Gasteiger partial charge in [-0.1, -0.05) is 121 Å². The number of carbonyl (C=O) groups excluding carboxylic acids is 6. The smallest absolute Gasteiger partial charge is 0.325 e. The number of imide groups is 2. The summed E-state index contributed by atoms with van der Waals surface area (Å²) in [5.41, 5.74) is -0.273. The van der Waals surface area contributed by atoms with Crippen molar-refractivity contribution in [1.29, 1.82) is 0 Å². The Hall–Kier alpha value is -6.68. The van der Waals surface area contributed by atoms with Crippen molar-refractivity contribution in [3.05, 3.63) is 166 Å². The first-order valence-corrected chi connectivity index (χ1v) is 18.0. The van der Waals surface area contributed by atoms with Gasteiger partial charge in [0.25, 0.3) is 11.8 Å². The molecule has 0 bridgehead atoms. The molecular weight excluding hydrogens is 681 g/mol. The molecule has 10 nitrogen and oxygen atoms in total. The molecule has 0 spiro atoms. The normalized spacial score (nSPS) is 15.6. The fraction of sp³-hybridized carbons (Fsp3) is 0.182. The van der Waals surface area contributed by atoms with Crippen molar-refractivity contribution in [2.45, 2.75) is 27.7 Å². The molecule has 0 atom stereocenters. The van der Waals surface area contributed by atoms with Gasteiger partial charge in [0, 0.05) is 37.3 Å². The Morgan fingerprint density at radius 1 is 0.444 bits per heavy atom. The lowest BCUT2D eigenvalue weighted by Gasteiger charge is -2.27. The summed E-state index contributed by atoms with van der Waals surface area (Å²) < 4.78 is 0. The second-order valence-electron chi connectivity index (χ2n) is 12.5. The van der Waals surface area contributed by atoms with Crippen LogP contribution < -0.4 is 0 Å². The highest BCUT2D eigenvalue weighted by molar-refractivity contribution is 6.38. The molecule has 0 unspecified atom stereocenters. The van der Waals surface area contributed by atoms with Crippen LogP contribution in [0.4, 0.5) is 9.59 Å². The molecule has 10 heteroatoms. The van der Waals surface area contributed by atoms with E-state index in [-0.39, 0.29) is 59.8 Å². The van der Waals surface area contributed by atoms with Crippen LogP contribution in [0.3, 0.4) is 0 Å². The van der Waals surface area contributed by atoms with E-state index < -0.39 is 46.6 Å². The Kier molecular flexibility index (Phi) is 10.9. The fourth-order valence-electron chi connectivity index (χ4n) is 6.85. The summed E-state index contributed by atoms with van der Waals surface area (Å²) in [5, 5.41) is 0. The number of urea groups is 2. The molecule has 4 aromatic carbocycles. The topological polar surface area (TPSA) is 115 Å². The molecule has 2 aliphatic heterocycles. The summed E-state index contributed by atoms with van der Waals surface area (Å²) in [5.74, 6) is -3.21. The molecule has 6 rings (SSSR count).